The number of benzene rings is 1. The Bertz CT molecular complexity index is 540. The molecule has 20 heavy (non-hydrogen) atoms. The SMILES string of the molecule is C=CCOC1(C=C)COC(=O)N1C(=O)c1ccccc1. The lowest BCUT2D eigenvalue weighted by molar-refractivity contribution is -0.0608. The van der Waals surface area contributed by atoms with E-state index >= 15 is 0 Å². The van der Waals surface area contributed by atoms with E-state index in [1.807, 2.05) is 0 Å². The van der Waals surface area contributed by atoms with Crippen LogP contribution in [0.3, 0.4) is 0 Å². The lowest BCUT2D eigenvalue weighted by Crippen LogP contribution is -2.51. The highest BCUT2D eigenvalue weighted by molar-refractivity contribution is 6.04. The summed E-state index contributed by atoms with van der Waals surface area (Å²) in [5.74, 6) is -0.489. The maximum Gasteiger partial charge on any atom is 0.419 e. The van der Waals surface area contributed by atoms with Crippen molar-refractivity contribution in [3.63, 3.8) is 0 Å². The lowest BCUT2D eigenvalue weighted by Gasteiger charge is -2.30. The quantitative estimate of drug-likeness (QED) is 0.773. The minimum absolute atomic E-state index is 0.0816. The van der Waals surface area contributed by atoms with Crippen LogP contribution in [0.1, 0.15) is 10.4 Å². The van der Waals surface area contributed by atoms with Gasteiger partial charge < -0.3 is 9.47 Å². The van der Waals surface area contributed by atoms with E-state index in [2.05, 4.69) is 13.2 Å². The molecular weight excluding hydrogens is 258 g/mol. The Hall–Kier alpha value is -2.40. The van der Waals surface area contributed by atoms with Gasteiger partial charge in [0.2, 0.25) is 5.72 Å². The summed E-state index contributed by atoms with van der Waals surface area (Å²) < 4.78 is 10.5. The normalized spacial score (nSPS) is 21.4. The van der Waals surface area contributed by atoms with E-state index in [0.717, 1.165) is 4.90 Å². The molecule has 0 aromatic heterocycles. The zero-order valence-electron chi connectivity index (χ0n) is 11.0. The van der Waals surface area contributed by atoms with Gasteiger partial charge in [-0.3, -0.25) is 4.79 Å². The van der Waals surface area contributed by atoms with E-state index in [1.54, 1.807) is 30.3 Å². The summed E-state index contributed by atoms with van der Waals surface area (Å²) in [6, 6.07) is 8.46. The highest BCUT2D eigenvalue weighted by Crippen LogP contribution is 2.29. The Morgan fingerprint density at radius 3 is 2.70 bits per heavy atom. The van der Waals surface area contributed by atoms with Gasteiger partial charge in [-0.25, -0.2) is 9.69 Å². The molecule has 1 atom stereocenters. The van der Waals surface area contributed by atoms with Gasteiger partial charge in [-0.1, -0.05) is 30.9 Å². The van der Waals surface area contributed by atoms with Crippen molar-refractivity contribution in [1.82, 2.24) is 4.90 Å². The van der Waals surface area contributed by atoms with Crippen LogP contribution in [0.4, 0.5) is 4.79 Å². The van der Waals surface area contributed by atoms with Gasteiger partial charge in [-0.2, -0.15) is 0 Å². The Morgan fingerprint density at radius 2 is 2.10 bits per heavy atom. The van der Waals surface area contributed by atoms with Crippen molar-refractivity contribution in [3.05, 3.63) is 61.2 Å². The molecule has 0 bridgehead atoms. The van der Waals surface area contributed by atoms with Crippen LogP contribution in [0.2, 0.25) is 0 Å². The molecule has 1 heterocycles. The van der Waals surface area contributed by atoms with Crippen LogP contribution in [0.25, 0.3) is 0 Å². The van der Waals surface area contributed by atoms with Crippen LogP contribution < -0.4 is 0 Å². The van der Waals surface area contributed by atoms with E-state index < -0.39 is 17.7 Å². The number of hydrogen-bond donors (Lipinski definition) is 0. The Morgan fingerprint density at radius 1 is 1.40 bits per heavy atom. The fourth-order valence-electron chi connectivity index (χ4n) is 1.93. The Balaban J connectivity index is 2.35. The van der Waals surface area contributed by atoms with Gasteiger partial charge in [0, 0.05) is 5.56 Å². The fourth-order valence-corrected chi connectivity index (χ4v) is 1.93. The summed E-state index contributed by atoms with van der Waals surface area (Å²) in [6.45, 7) is 7.28. The average Bonchev–Trinajstić information content (AvgIpc) is 2.83. The number of carbonyl (C=O) groups is 2. The molecule has 1 aromatic rings. The highest BCUT2D eigenvalue weighted by Gasteiger charge is 2.50. The monoisotopic (exact) mass is 273 g/mol. The van der Waals surface area contributed by atoms with Crippen LogP contribution in [-0.2, 0) is 9.47 Å². The van der Waals surface area contributed by atoms with Crippen molar-refractivity contribution in [2.75, 3.05) is 13.2 Å². The maximum absolute atomic E-state index is 12.5. The summed E-state index contributed by atoms with van der Waals surface area (Å²) in [5, 5.41) is 0. The van der Waals surface area contributed by atoms with E-state index in [4.69, 9.17) is 9.47 Å². The predicted molar refractivity (Wildman–Crippen MR) is 73.0 cm³/mol. The highest BCUT2D eigenvalue weighted by atomic mass is 16.6. The zero-order valence-corrected chi connectivity index (χ0v) is 11.0. The minimum atomic E-state index is -1.29. The smallest absolute Gasteiger partial charge is 0.419 e. The van der Waals surface area contributed by atoms with Crippen LogP contribution in [-0.4, -0.2) is 35.8 Å². The molecule has 1 unspecified atom stereocenters. The molecule has 2 amide bonds. The molecule has 0 radical (unpaired) electrons. The second kappa shape index (κ2) is 5.71. The molecule has 1 aliphatic heterocycles. The Kier molecular flexibility index (Phi) is 4.00. The first-order valence-corrected chi connectivity index (χ1v) is 6.09. The summed E-state index contributed by atoms with van der Waals surface area (Å²) in [5.41, 5.74) is -0.919. The number of nitrogens with zero attached hydrogens (tertiary/aromatic N) is 1. The standard InChI is InChI=1S/C15H15NO4/c1-3-10-20-15(4-2)11-19-14(18)16(15)13(17)12-8-6-5-7-9-12/h3-9H,1-2,10-11H2. The fraction of sp³-hybridized carbons (Fsp3) is 0.200. The molecule has 0 spiro atoms. The third-order valence-corrected chi connectivity index (χ3v) is 2.96. The van der Waals surface area contributed by atoms with E-state index in [1.165, 1.54) is 12.2 Å². The molecule has 5 nitrogen and oxygen atoms in total. The first kappa shape index (κ1) is 14.0. The number of rotatable bonds is 5. The molecule has 0 aliphatic carbocycles. The van der Waals surface area contributed by atoms with E-state index in [-0.39, 0.29) is 13.2 Å². The third kappa shape index (κ3) is 2.35. The van der Waals surface area contributed by atoms with Crippen LogP contribution >= 0.6 is 0 Å². The first-order valence-electron chi connectivity index (χ1n) is 6.09. The summed E-state index contributed by atoms with van der Waals surface area (Å²) >= 11 is 0. The summed E-state index contributed by atoms with van der Waals surface area (Å²) in [4.78, 5) is 25.3. The number of imide groups is 1. The van der Waals surface area contributed by atoms with Crippen molar-refractivity contribution >= 4 is 12.0 Å². The van der Waals surface area contributed by atoms with E-state index in [0.29, 0.717) is 5.56 Å². The van der Waals surface area contributed by atoms with Crippen molar-refractivity contribution < 1.29 is 19.1 Å². The molecule has 2 rings (SSSR count). The first-order chi connectivity index (χ1) is 9.64. The number of cyclic esters (lactones) is 1. The molecule has 5 heteroatoms. The lowest BCUT2D eigenvalue weighted by atomic mass is 10.1. The van der Waals surface area contributed by atoms with Gasteiger partial charge in [0.25, 0.3) is 5.91 Å². The number of hydrogen-bond acceptors (Lipinski definition) is 4. The van der Waals surface area contributed by atoms with Crippen LogP contribution in [0.5, 0.6) is 0 Å². The van der Waals surface area contributed by atoms with Crippen molar-refractivity contribution in [2.45, 2.75) is 5.72 Å². The number of amides is 2. The van der Waals surface area contributed by atoms with Gasteiger partial charge in [-0.05, 0) is 18.2 Å². The molecule has 0 saturated carbocycles. The molecule has 1 aromatic carbocycles. The zero-order chi connectivity index (χ0) is 14.6. The van der Waals surface area contributed by atoms with Crippen LogP contribution in [0, 0.1) is 0 Å². The minimum Gasteiger partial charge on any atom is -0.443 e. The largest absolute Gasteiger partial charge is 0.443 e. The van der Waals surface area contributed by atoms with Crippen LogP contribution in [0.15, 0.2) is 55.6 Å². The van der Waals surface area contributed by atoms with E-state index in [9.17, 15) is 9.59 Å². The molecule has 0 N–H and O–H groups in total. The molecular formula is C15H15NO4. The third-order valence-electron chi connectivity index (χ3n) is 2.96. The molecule has 1 fully saturated rings. The average molecular weight is 273 g/mol. The number of ether oxygens (including phenoxy) is 2. The van der Waals surface area contributed by atoms with Gasteiger partial charge in [0.1, 0.15) is 6.61 Å². The second-order valence-corrected chi connectivity index (χ2v) is 4.21. The van der Waals surface area contributed by atoms with Gasteiger partial charge in [0.05, 0.1) is 6.61 Å². The molecule has 1 aliphatic rings. The topological polar surface area (TPSA) is 55.8 Å². The van der Waals surface area contributed by atoms with Gasteiger partial charge >= 0.3 is 6.09 Å². The maximum atomic E-state index is 12.5. The van der Waals surface area contributed by atoms with Gasteiger partial charge in [0.15, 0.2) is 0 Å². The molecule has 1 saturated heterocycles. The van der Waals surface area contributed by atoms with Gasteiger partial charge in [-0.15, -0.1) is 6.58 Å². The Labute approximate surface area is 117 Å². The predicted octanol–water partition coefficient (Wildman–Crippen LogP) is 2.36. The second-order valence-electron chi connectivity index (χ2n) is 4.21. The molecule has 104 valence electrons. The van der Waals surface area contributed by atoms with Crippen molar-refractivity contribution in [2.24, 2.45) is 0 Å². The number of carbonyl (C=O) groups excluding carboxylic acids is 2. The van der Waals surface area contributed by atoms with Crippen molar-refractivity contribution in [3.8, 4) is 0 Å². The summed E-state index contributed by atoms with van der Waals surface area (Å²) in [6.07, 6.45) is 2.17. The summed E-state index contributed by atoms with van der Waals surface area (Å²) in [7, 11) is 0. The van der Waals surface area contributed by atoms with Crippen molar-refractivity contribution in [1.29, 1.82) is 0 Å².